The second-order valence-corrected chi connectivity index (χ2v) is 6.43. The maximum Gasteiger partial charge on any atom is 0.258 e. The summed E-state index contributed by atoms with van der Waals surface area (Å²) in [4.78, 5) is 18.7. The van der Waals surface area contributed by atoms with Gasteiger partial charge in [-0.05, 0) is 48.7 Å². The number of nitrogens with zero attached hydrogens (tertiary/aromatic N) is 2. The van der Waals surface area contributed by atoms with Gasteiger partial charge >= 0.3 is 0 Å². The molecular weight excluding hydrogens is 334 g/mol. The van der Waals surface area contributed by atoms with Gasteiger partial charge in [0.25, 0.3) is 5.91 Å². The molecule has 0 saturated carbocycles. The maximum absolute atomic E-state index is 13.5. The average Bonchev–Trinajstić information content (AvgIpc) is 2.64. The molecule has 1 aromatic heterocycles. The molecule has 1 amide bonds. The number of aryl methyl sites for hydroxylation is 1. The van der Waals surface area contributed by atoms with Crippen LogP contribution in [0.15, 0.2) is 54.9 Å². The fourth-order valence-electron chi connectivity index (χ4n) is 3.27. The first-order valence-electron chi connectivity index (χ1n) is 8.35. The molecule has 0 bridgehead atoms. The Hall–Kier alpha value is -3.08. The van der Waals surface area contributed by atoms with E-state index in [-0.39, 0.29) is 5.91 Å². The summed E-state index contributed by atoms with van der Waals surface area (Å²) in [6.45, 7) is 2.56. The molecule has 0 fully saturated rings. The lowest BCUT2D eigenvalue weighted by Crippen LogP contribution is -2.37. The van der Waals surface area contributed by atoms with Crippen LogP contribution in [-0.4, -0.2) is 17.4 Å². The van der Waals surface area contributed by atoms with Crippen LogP contribution in [0.5, 0.6) is 0 Å². The quantitative estimate of drug-likeness (QED) is 0.680. The molecule has 2 heterocycles. The molecule has 5 heteroatoms. The Kier molecular flexibility index (Phi) is 3.99. The fourth-order valence-corrected chi connectivity index (χ4v) is 3.27. The van der Waals surface area contributed by atoms with Crippen LogP contribution in [0.2, 0.25) is 0 Å². The minimum Gasteiger partial charge on any atom is -0.306 e. The number of hydrogen-bond donors (Lipinski definition) is 0. The van der Waals surface area contributed by atoms with Gasteiger partial charge in [0, 0.05) is 23.9 Å². The van der Waals surface area contributed by atoms with Crippen molar-refractivity contribution in [3.8, 4) is 11.1 Å². The van der Waals surface area contributed by atoms with Crippen molar-refractivity contribution in [2.75, 3.05) is 11.4 Å². The summed E-state index contributed by atoms with van der Waals surface area (Å²) >= 11 is 0. The number of hydrogen-bond acceptors (Lipinski definition) is 2. The standard InChI is InChI=1S/C21H16F2N2O/c1-13-2-4-18-15(8-13)6-7-25(21(18)26)17-9-16(11-24-12-17)14-3-5-19(22)20(23)10-14/h2-5,8-12H,6-7H2,1H3. The number of pyridine rings is 1. The number of rotatable bonds is 2. The van der Waals surface area contributed by atoms with E-state index < -0.39 is 11.6 Å². The van der Waals surface area contributed by atoms with Crippen molar-refractivity contribution < 1.29 is 13.6 Å². The predicted molar refractivity (Wildman–Crippen MR) is 96.1 cm³/mol. The third-order valence-corrected chi connectivity index (χ3v) is 4.63. The van der Waals surface area contributed by atoms with E-state index in [0.29, 0.717) is 28.9 Å². The highest BCUT2D eigenvalue weighted by atomic mass is 19.2. The molecule has 0 spiro atoms. The molecule has 26 heavy (non-hydrogen) atoms. The van der Waals surface area contributed by atoms with E-state index in [4.69, 9.17) is 0 Å². The van der Waals surface area contributed by atoms with Crippen molar-refractivity contribution in [3.05, 3.63) is 83.2 Å². The van der Waals surface area contributed by atoms with Gasteiger partial charge in [0.05, 0.1) is 11.9 Å². The smallest absolute Gasteiger partial charge is 0.258 e. The molecule has 0 atom stereocenters. The van der Waals surface area contributed by atoms with E-state index >= 15 is 0 Å². The highest BCUT2D eigenvalue weighted by Crippen LogP contribution is 2.29. The average molecular weight is 350 g/mol. The number of halogens is 2. The molecule has 0 radical (unpaired) electrons. The molecule has 0 saturated heterocycles. The molecule has 1 aliphatic rings. The lowest BCUT2D eigenvalue weighted by Gasteiger charge is -2.29. The molecular formula is C21H16F2N2O. The number of carbonyl (C=O) groups excluding carboxylic acids is 1. The third-order valence-electron chi connectivity index (χ3n) is 4.63. The maximum atomic E-state index is 13.5. The SMILES string of the molecule is Cc1ccc2c(c1)CCN(c1cncc(-c3ccc(F)c(F)c3)c1)C2=O. The van der Waals surface area contributed by atoms with Crippen molar-refractivity contribution in [1.82, 2.24) is 4.98 Å². The Bertz CT molecular complexity index is 1020. The summed E-state index contributed by atoms with van der Waals surface area (Å²) in [5.41, 5.74) is 4.66. The molecule has 0 aliphatic carbocycles. The topological polar surface area (TPSA) is 33.2 Å². The van der Waals surface area contributed by atoms with Crippen molar-refractivity contribution in [3.63, 3.8) is 0 Å². The molecule has 3 nitrogen and oxygen atoms in total. The minimum atomic E-state index is -0.911. The number of carbonyl (C=O) groups is 1. The van der Waals surface area contributed by atoms with E-state index in [2.05, 4.69) is 4.98 Å². The van der Waals surface area contributed by atoms with Gasteiger partial charge in [-0.25, -0.2) is 8.78 Å². The summed E-state index contributed by atoms with van der Waals surface area (Å²) < 4.78 is 26.7. The van der Waals surface area contributed by atoms with Gasteiger partial charge in [-0.15, -0.1) is 0 Å². The van der Waals surface area contributed by atoms with E-state index in [9.17, 15) is 13.6 Å². The van der Waals surface area contributed by atoms with Crippen LogP contribution in [0.3, 0.4) is 0 Å². The van der Waals surface area contributed by atoms with E-state index in [1.165, 1.54) is 6.07 Å². The normalized spacial score (nSPS) is 13.7. The lowest BCUT2D eigenvalue weighted by atomic mass is 9.96. The zero-order valence-electron chi connectivity index (χ0n) is 14.2. The van der Waals surface area contributed by atoms with Crippen LogP contribution in [0.1, 0.15) is 21.5 Å². The van der Waals surface area contributed by atoms with E-state index in [1.807, 2.05) is 25.1 Å². The van der Waals surface area contributed by atoms with Gasteiger partial charge in [-0.3, -0.25) is 9.78 Å². The number of benzene rings is 2. The Morgan fingerprint density at radius 3 is 2.62 bits per heavy atom. The first kappa shape index (κ1) is 16.4. The van der Waals surface area contributed by atoms with Gasteiger partial charge in [0.1, 0.15) is 0 Å². The van der Waals surface area contributed by atoms with Gasteiger partial charge < -0.3 is 4.90 Å². The largest absolute Gasteiger partial charge is 0.306 e. The van der Waals surface area contributed by atoms with E-state index in [0.717, 1.165) is 29.7 Å². The first-order chi connectivity index (χ1) is 12.5. The molecule has 1 aliphatic heterocycles. The monoisotopic (exact) mass is 350 g/mol. The second-order valence-electron chi connectivity index (χ2n) is 6.43. The minimum absolute atomic E-state index is 0.0736. The summed E-state index contributed by atoms with van der Waals surface area (Å²) in [6, 6.07) is 11.3. The predicted octanol–water partition coefficient (Wildman–Crippen LogP) is 4.54. The molecule has 4 rings (SSSR count). The number of amides is 1. The van der Waals surface area contributed by atoms with Crippen molar-refractivity contribution in [1.29, 1.82) is 0 Å². The number of aromatic nitrogens is 1. The van der Waals surface area contributed by atoms with Crippen LogP contribution in [0, 0.1) is 18.6 Å². The van der Waals surface area contributed by atoms with E-state index in [1.54, 1.807) is 23.4 Å². The molecule has 0 N–H and O–H groups in total. The highest BCUT2D eigenvalue weighted by molar-refractivity contribution is 6.08. The Morgan fingerprint density at radius 2 is 1.81 bits per heavy atom. The van der Waals surface area contributed by atoms with Gasteiger partial charge in [-0.2, -0.15) is 0 Å². The second kappa shape index (κ2) is 6.33. The first-order valence-corrected chi connectivity index (χ1v) is 8.35. The van der Waals surface area contributed by atoms with Crippen LogP contribution < -0.4 is 4.90 Å². The van der Waals surface area contributed by atoms with Gasteiger partial charge in [0.2, 0.25) is 0 Å². The number of anilines is 1. The number of fused-ring (bicyclic) bond motifs is 1. The Morgan fingerprint density at radius 1 is 0.962 bits per heavy atom. The summed E-state index contributed by atoms with van der Waals surface area (Å²) in [6.07, 6.45) is 3.94. The van der Waals surface area contributed by atoms with Crippen molar-refractivity contribution in [2.24, 2.45) is 0 Å². The van der Waals surface area contributed by atoms with Crippen molar-refractivity contribution in [2.45, 2.75) is 13.3 Å². The zero-order chi connectivity index (χ0) is 18.3. The molecule has 2 aromatic carbocycles. The van der Waals surface area contributed by atoms with Crippen LogP contribution in [0.4, 0.5) is 14.5 Å². The lowest BCUT2D eigenvalue weighted by molar-refractivity contribution is 0.0980. The third kappa shape index (κ3) is 2.86. The molecule has 0 unspecified atom stereocenters. The van der Waals surface area contributed by atoms with Crippen LogP contribution >= 0.6 is 0 Å². The summed E-state index contributed by atoms with van der Waals surface area (Å²) in [5.74, 6) is -1.88. The van der Waals surface area contributed by atoms with Gasteiger partial charge in [0.15, 0.2) is 11.6 Å². The fraction of sp³-hybridized carbons (Fsp3) is 0.143. The zero-order valence-corrected chi connectivity index (χ0v) is 14.2. The van der Waals surface area contributed by atoms with Crippen molar-refractivity contribution >= 4 is 11.6 Å². The molecule has 130 valence electrons. The summed E-state index contributed by atoms with van der Waals surface area (Å²) in [5, 5.41) is 0. The van der Waals surface area contributed by atoms with Gasteiger partial charge in [-0.1, -0.05) is 23.8 Å². The highest BCUT2D eigenvalue weighted by Gasteiger charge is 2.25. The Balaban J connectivity index is 1.70. The Labute approximate surface area is 149 Å². The van der Waals surface area contributed by atoms with Crippen LogP contribution in [-0.2, 0) is 6.42 Å². The molecule has 3 aromatic rings. The van der Waals surface area contributed by atoms with Crippen LogP contribution in [0.25, 0.3) is 11.1 Å². The summed E-state index contributed by atoms with van der Waals surface area (Å²) in [7, 11) is 0.